The number of aliphatic hydroxyl groups excluding tert-OH is 3. The number of β-amino-alcohol motifs (C(OH)–C–C–N with tert-alkyl or cyclic N) is 1. The summed E-state index contributed by atoms with van der Waals surface area (Å²) in [5.41, 5.74) is 1.38. The molecule has 0 saturated carbocycles. The number of likely N-dealkylation sites (tertiary alicyclic amines) is 1. The average Bonchev–Trinajstić information content (AvgIpc) is 3.07. The molecule has 1 aromatic carbocycles. The standard InChI is InChI=1S/C10H13N.C7H15NO3/c1-2-6-10(7-3-1)11-8-4-5-9-11;1-8-3-7(11)6(10)2-5(8)4-9/h1-3,6-7H,4-5,8-9H2;5-7,9-11H,2-4H2,1H3/t;5-,6?,7+/m.1/s1. The van der Waals surface area contributed by atoms with Crippen LogP contribution in [-0.2, 0) is 0 Å². The van der Waals surface area contributed by atoms with E-state index in [1.165, 1.54) is 31.6 Å². The fourth-order valence-corrected chi connectivity index (χ4v) is 3.01. The van der Waals surface area contributed by atoms with Gasteiger partial charge >= 0.3 is 0 Å². The van der Waals surface area contributed by atoms with E-state index in [4.69, 9.17) is 5.11 Å². The Hall–Kier alpha value is -1.14. The lowest BCUT2D eigenvalue weighted by Gasteiger charge is -2.37. The molecule has 3 rings (SSSR count). The summed E-state index contributed by atoms with van der Waals surface area (Å²) in [5, 5.41) is 27.2. The zero-order valence-electron chi connectivity index (χ0n) is 13.3. The van der Waals surface area contributed by atoms with Gasteiger partial charge in [-0.05, 0) is 38.4 Å². The van der Waals surface area contributed by atoms with E-state index in [1.54, 1.807) is 0 Å². The molecule has 2 aliphatic rings. The van der Waals surface area contributed by atoms with Crippen LogP contribution in [0.4, 0.5) is 5.69 Å². The molecular weight excluding hydrogens is 280 g/mol. The van der Waals surface area contributed by atoms with Gasteiger partial charge in [-0.1, -0.05) is 18.2 Å². The zero-order valence-corrected chi connectivity index (χ0v) is 13.3. The van der Waals surface area contributed by atoms with Crippen molar-refractivity contribution >= 4 is 5.69 Å². The highest BCUT2D eigenvalue weighted by Gasteiger charge is 2.30. The summed E-state index contributed by atoms with van der Waals surface area (Å²) < 4.78 is 0. The fourth-order valence-electron chi connectivity index (χ4n) is 3.01. The van der Waals surface area contributed by atoms with Gasteiger partial charge in [-0.25, -0.2) is 0 Å². The molecule has 2 fully saturated rings. The molecule has 124 valence electrons. The molecular formula is C17H28N2O3. The lowest BCUT2D eigenvalue weighted by Crippen LogP contribution is -2.51. The van der Waals surface area contributed by atoms with Crippen LogP contribution in [0.2, 0.25) is 0 Å². The molecule has 0 bridgehead atoms. The second-order valence-electron chi connectivity index (χ2n) is 6.18. The molecule has 1 unspecified atom stereocenters. The Bertz CT molecular complexity index is 423. The second kappa shape index (κ2) is 8.48. The van der Waals surface area contributed by atoms with Crippen molar-refractivity contribution in [2.75, 3.05) is 38.2 Å². The number of hydrogen-bond donors (Lipinski definition) is 3. The molecule has 0 spiro atoms. The first-order valence-corrected chi connectivity index (χ1v) is 8.09. The summed E-state index contributed by atoms with van der Waals surface area (Å²) in [6, 6.07) is 10.6. The van der Waals surface area contributed by atoms with Gasteiger partial charge in [-0.15, -0.1) is 0 Å². The number of benzene rings is 1. The SMILES string of the molecule is CN1C[C@H](O)C(O)C[C@@H]1CO.c1ccc(N2CCCC2)cc1. The maximum absolute atomic E-state index is 9.21. The van der Waals surface area contributed by atoms with E-state index >= 15 is 0 Å². The van der Waals surface area contributed by atoms with Crippen molar-refractivity contribution in [2.24, 2.45) is 0 Å². The van der Waals surface area contributed by atoms with E-state index in [1.807, 2.05) is 11.9 Å². The Morgan fingerprint density at radius 3 is 2.27 bits per heavy atom. The minimum absolute atomic E-state index is 0.00611. The third-order valence-corrected chi connectivity index (χ3v) is 4.49. The number of para-hydroxylation sites is 1. The highest BCUT2D eigenvalue weighted by atomic mass is 16.3. The maximum atomic E-state index is 9.21. The topological polar surface area (TPSA) is 67.2 Å². The first kappa shape index (κ1) is 17.2. The van der Waals surface area contributed by atoms with E-state index in [0.717, 1.165) is 0 Å². The van der Waals surface area contributed by atoms with Crippen LogP contribution in [-0.4, -0.2) is 71.8 Å². The van der Waals surface area contributed by atoms with E-state index in [0.29, 0.717) is 13.0 Å². The van der Waals surface area contributed by atoms with E-state index in [9.17, 15) is 10.2 Å². The van der Waals surface area contributed by atoms with Crippen LogP contribution in [0.25, 0.3) is 0 Å². The molecule has 0 aliphatic carbocycles. The van der Waals surface area contributed by atoms with Gasteiger partial charge < -0.3 is 20.2 Å². The summed E-state index contributed by atoms with van der Waals surface area (Å²) in [6.45, 7) is 2.96. The number of rotatable bonds is 2. The molecule has 3 atom stereocenters. The minimum atomic E-state index is -0.677. The lowest BCUT2D eigenvalue weighted by molar-refractivity contribution is -0.0626. The van der Waals surface area contributed by atoms with Crippen molar-refractivity contribution in [3.8, 4) is 0 Å². The van der Waals surface area contributed by atoms with E-state index in [2.05, 4.69) is 35.2 Å². The summed E-state index contributed by atoms with van der Waals surface area (Å²) in [6.07, 6.45) is 1.82. The third kappa shape index (κ3) is 4.68. The van der Waals surface area contributed by atoms with Gasteiger partial charge in [0, 0.05) is 31.4 Å². The molecule has 5 heteroatoms. The number of nitrogens with zero attached hydrogens (tertiary/aromatic N) is 2. The van der Waals surface area contributed by atoms with Crippen molar-refractivity contribution in [1.82, 2.24) is 4.90 Å². The lowest BCUT2D eigenvalue weighted by atomic mass is 9.98. The molecule has 5 nitrogen and oxygen atoms in total. The predicted molar refractivity (Wildman–Crippen MR) is 88.0 cm³/mol. The van der Waals surface area contributed by atoms with Crippen LogP contribution >= 0.6 is 0 Å². The van der Waals surface area contributed by atoms with Crippen LogP contribution in [0.15, 0.2) is 30.3 Å². The fraction of sp³-hybridized carbons (Fsp3) is 0.647. The van der Waals surface area contributed by atoms with Crippen LogP contribution < -0.4 is 4.90 Å². The highest BCUT2D eigenvalue weighted by molar-refractivity contribution is 5.46. The molecule has 1 aromatic rings. The summed E-state index contributed by atoms with van der Waals surface area (Å²) >= 11 is 0. The van der Waals surface area contributed by atoms with Crippen LogP contribution in [0.3, 0.4) is 0 Å². The largest absolute Gasteiger partial charge is 0.395 e. The molecule has 0 aromatic heterocycles. The summed E-state index contributed by atoms with van der Waals surface area (Å²) in [4.78, 5) is 4.30. The number of likely N-dealkylation sites (N-methyl/N-ethyl adjacent to an activating group) is 1. The summed E-state index contributed by atoms with van der Waals surface area (Å²) in [5.74, 6) is 0. The Balaban J connectivity index is 0.000000160. The number of aliphatic hydroxyl groups is 3. The Kier molecular flexibility index (Phi) is 6.64. The quantitative estimate of drug-likeness (QED) is 0.750. The molecule has 2 aliphatic heterocycles. The highest BCUT2D eigenvalue weighted by Crippen LogP contribution is 2.18. The van der Waals surface area contributed by atoms with Crippen LogP contribution in [0.5, 0.6) is 0 Å². The molecule has 2 heterocycles. The van der Waals surface area contributed by atoms with Gasteiger partial charge in [0.15, 0.2) is 0 Å². The zero-order chi connectivity index (χ0) is 15.9. The van der Waals surface area contributed by atoms with Gasteiger partial charge in [-0.2, -0.15) is 0 Å². The average molecular weight is 308 g/mol. The van der Waals surface area contributed by atoms with Crippen LogP contribution in [0.1, 0.15) is 19.3 Å². The second-order valence-corrected chi connectivity index (χ2v) is 6.18. The predicted octanol–water partition coefficient (Wildman–Crippen LogP) is 0.691. The van der Waals surface area contributed by atoms with Crippen molar-refractivity contribution in [2.45, 2.75) is 37.5 Å². The smallest absolute Gasteiger partial charge is 0.0926 e. The molecule has 0 amide bonds. The van der Waals surface area contributed by atoms with Gasteiger partial charge in [0.1, 0.15) is 0 Å². The molecule has 3 N–H and O–H groups in total. The van der Waals surface area contributed by atoms with E-state index < -0.39 is 12.2 Å². The first-order chi connectivity index (χ1) is 10.6. The van der Waals surface area contributed by atoms with Gasteiger partial charge in [-0.3, -0.25) is 4.90 Å². The van der Waals surface area contributed by atoms with Gasteiger partial charge in [0.25, 0.3) is 0 Å². The first-order valence-electron chi connectivity index (χ1n) is 8.09. The van der Waals surface area contributed by atoms with Crippen molar-refractivity contribution in [1.29, 1.82) is 0 Å². The van der Waals surface area contributed by atoms with Crippen molar-refractivity contribution in [3.63, 3.8) is 0 Å². The van der Waals surface area contributed by atoms with Crippen LogP contribution in [0, 0.1) is 0 Å². The van der Waals surface area contributed by atoms with E-state index in [-0.39, 0.29) is 12.6 Å². The third-order valence-electron chi connectivity index (χ3n) is 4.49. The molecule has 0 radical (unpaired) electrons. The number of anilines is 1. The Morgan fingerprint density at radius 1 is 1.05 bits per heavy atom. The van der Waals surface area contributed by atoms with Gasteiger partial charge in [0.05, 0.1) is 18.8 Å². The normalized spacial score (nSPS) is 29.1. The Labute approximate surface area is 132 Å². The van der Waals surface area contributed by atoms with Crippen molar-refractivity contribution < 1.29 is 15.3 Å². The van der Waals surface area contributed by atoms with Crippen molar-refractivity contribution in [3.05, 3.63) is 30.3 Å². The minimum Gasteiger partial charge on any atom is -0.395 e. The monoisotopic (exact) mass is 308 g/mol. The summed E-state index contributed by atoms with van der Waals surface area (Å²) in [7, 11) is 1.83. The molecule has 2 saturated heterocycles. The number of hydrogen-bond acceptors (Lipinski definition) is 5. The maximum Gasteiger partial charge on any atom is 0.0926 e. The Morgan fingerprint density at radius 2 is 1.68 bits per heavy atom. The molecule has 22 heavy (non-hydrogen) atoms. The van der Waals surface area contributed by atoms with Gasteiger partial charge in [0.2, 0.25) is 0 Å². The number of piperidine rings is 1.